The highest BCUT2D eigenvalue weighted by Crippen LogP contribution is 2.37. The number of anilines is 1. The predicted octanol–water partition coefficient (Wildman–Crippen LogP) is 2.46. The molecule has 0 amide bonds. The van der Waals surface area contributed by atoms with Gasteiger partial charge >= 0.3 is 0 Å². The average Bonchev–Trinajstić information content (AvgIpc) is 2.37. The zero-order chi connectivity index (χ0) is 9.47. The average molecular weight is 183 g/mol. The Morgan fingerprint density at radius 1 is 1.31 bits per heavy atom. The molecule has 13 heavy (non-hydrogen) atoms. The molecule has 1 nitrogen and oxygen atoms in total. The Hall–Kier alpha value is -1.12. The van der Waals surface area contributed by atoms with Gasteiger partial charge in [-0.3, -0.25) is 0 Å². The third-order valence-electron chi connectivity index (χ3n) is 2.43. The van der Waals surface area contributed by atoms with Crippen molar-refractivity contribution >= 4 is 5.69 Å². The molecular weight excluding hydrogens is 172 g/mol. The van der Waals surface area contributed by atoms with Crippen LogP contribution in [0.5, 0.6) is 0 Å². The van der Waals surface area contributed by atoms with Gasteiger partial charge in [0, 0.05) is 25.6 Å². The van der Waals surface area contributed by atoms with Gasteiger partial charge in [-0.25, -0.2) is 8.78 Å². The second-order valence-electron chi connectivity index (χ2n) is 3.40. The molecule has 1 aromatic carbocycles. The zero-order valence-electron chi connectivity index (χ0n) is 7.40. The van der Waals surface area contributed by atoms with E-state index in [-0.39, 0.29) is 12.8 Å². The minimum atomic E-state index is -2.55. The van der Waals surface area contributed by atoms with Crippen LogP contribution in [0.15, 0.2) is 18.2 Å². The van der Waals surface area contributed by atoms with Gasteiger partial charge in [0.05, 0.1) is 0 Å². The molecule has 0 aliphatic heterocycles. The van der Waals surface area contributed by atoms with Gasteiger partial charge in [0.1, 0.15) is 0 Å². The molecule has 0 bridgehead atoms. The molecule has 1 N–H and O–H groups in total. The van der Waals surface area contributed by atoms with Crippen molar-refractivity contribution in [3.05, 3.63) is 29.3 Å². The fourth-order valence-electron chi connectivity index (χ4n) is 1.84. The number of rotatable bonds is 1. The quantitative estimate of drug-likeness (QED) is 0.705. The zero-order valence-corrected chi connectivity index (χ0v) is 7.40. The van der Waals surface area contributed by atoms with Gasteiger partial charge in [-0.15, -0.1) is 0 Å². The normalized spacial score (nSPS) is 18.4. The van der Waals surface area contributed by atoms with E-state index in [2.05, 4.69) is 5.32 Å². The first-order valence-corrected chi connectivity index (χ1v) is 4.29. The van der Waals surface area contributed by atoms with Gasteiger partial charge in [-0.1, -0.05) is 12.1 Å². The number of benzene rings is 1. The van der Waals surface area contributed by atoms with Crippen LogP contribution >= 0.6 is 0 Å². The molecule has 1 aliphatic carbocycles. The second-order valence-corrected chi connectivity index (χ2v) is 3.40. The maximum Gasteiger partial charge on any atom is 0.256 e. The third kappa shape index (κ3) is 1.39. The van der Waals surface area contributed by atoms with Gasteiger partial charge in [0.15, 0.2) is 0 Å². The SMILES string of the molecule is CNc1cccc2c1CC(F)(F)C2. The number of halogens is 2. The molecule has 0 fully saturated rings. The first-order valence-electron chi connectivity index (χ1n) is 4.29. The number of alkyl halides is 2. The van der Waals surface area contributed by atoms with Crippen LogP contribution in [0, 0.1) is 0 Å². The molecule has 1 aliphatic rings. The van der Waals surface area contributed by atoms with Crippen LogP contribution in [0.4, 0.5) is 14.5 Å². The largest absolute Gasteiger partial charge is 0.388 e. The standard InChI is InChI=1S/C10H11F2N/c1-13-9-4-2-3-7-5-10(11,12)6-8(7)9/h2-4,13H,5-6H2,1H3. The Morgan fingerprint density at radius 3 is 2.77 bits per heavy atom. The van der Waals surface area contributed by atoms with Crippen LogP contribution in [0.2, 0.25) is 0 Å². The van der Waals surface area contributed by atoms with Gasteiger partial charge in [0.25, 0.3) is 5.92 Å². The van der Waals surface area contributed by atoms with E-state index in [0.717, 1.165) is 16.8 Å². The molecule has 0 saturated heterocycles. The number of fused-ring (bicyclic) bond motifs is 1. The summed E-state index contributed by atoms with van der Waals surface area (Å²) in [6.07, 6.45) is -0.239. The van der Waals surface area contributed by atoms with Crippen molar-refractivity contribution in [1.82, 2.24) is 0 Å². The summed E-state index contributed by atoms with van der Waals surface area (Å²) >= 11 is 0. The Bertz CT molecular complexity index is 334. The highest BCUT2D eigenvalue weighted by molar-refractivity contribution is 5.57. The van der Waals surface area contributed by atoms with Gasteiger partial charge in [-0.05, 0) is 17.2 Å². The monoisotopic (exact) mass is 183 g/mol. The fraction of sp³-hybridized carbons (Fsp3) is 0.400. The molecule has 0 heterocycles. The van der Waals surface area contributed by atoms with Crippen LogP contribution in [0.25, 0.3) is 0 Å². The van der Waals surface area contributed by atoms with E-state index in [9.17, 15) is 8.78 Å². The fourth-order valence-corrected chi connectivity index (χ4v) is 1.84. The van der Waals surface area contributed by atoms with Crippen molar-refractivity contribution in [2.24, 2.45) is 0 Å². The van der Waals surface area contributed by atoms with Crippen molar-refractivity contribution in [3.63, 3.8) is 0 Å². The molecule has 3 heteroatoms. The van der Waals surface area contributed by atoms with E-state index in [1.807, 2.05) is 12.1 Å². The summed E-state index contributed by atoms with van der Waals surface area (Å²) in [5, 5.41) is 2.93. The summed E-state index contributed by atoms with van der Waals surface area (Å²) in [6.45, 7) is 0. The predicted molar refractivity (Wildman–Crippen MR) is 48.3 cm³/mol. The molecule has 70 valence electrons. The second kappa shape index (κ2) is 2.69. The first-order chi connectivity index (χ1) is 6.12. The van der Waals surface area contributed by atoms with Crippen LogP contribution < -0.4 is 5.32 Å². The van der Waals surface area contributed by atoms with Crippen molar-refractivity contribution in [2.45, 2.75) is 18.8 Å². The minimum Gasteiger partial charge on any atom is -0.388 e. The summed E-state index contributed by atoms with van der Waals surface area (Å²) in [5.41, 5.74) is 2.38. The van der Waals surface area contributed by atoms with Crippen molar-refractivity contribution in [2.75, 3.05) is 12.4 Å². The van der Waals surface area contributed by atoms with Crippen molar-refractivity contribution in [1.29, 1.82) is 0 Å². The van der Waals surface area contributed by atoms with E-state index in [1.165, 1.54) is 0 Å². The van der Waals surface area contributed by atoms with E-state index in [4.69, 9.17) is 0 Å². The van der Waals surface area contributed by atoms with Gasteiger partial charge in [0.2, 0.25) is 0 Å². The lowest BCUT2D eigenvalue weighted by Gasteiger charge is -2.07. The van der Waals surface area contributed by atoms with Crippen LogP contribution in [-0.2, 0) is 12.8 Å². The maximum absolute atomic E-state index is 13.0. The van der Waals surface area contributed by atoms with E-state index in [1.54, 1.807) is 13.1 Å². The van der Waals surface area contributed by atoms with Crippen molar-refractivity contribution < 1.29 is 8.78 Å². The van der Waals surface area contributed by atoms with Crippen LogP contribution in [0.3, 0.4) is 0 Å². The van der Waals surface area contributed by atoms with E-state index < -0.39 is 5.92 Å². The summed E-state index contributed by atoms with van der Waals surface area (Å²) in [4.78, 5) is 0. The Morgan fingerprint density at radius 2 is 2.08 bits per heavy atom. The molecule has 0 aromatic heterocycles. The molecule has 1 aromatic rings. The maximum atomic E-state index is 13.0. The summed E-state index contributed by atoms with van der Waals surface area (Å²) in [6, 6.07) is 5.42. The van der Waals surface area contributed by atoms with E-state index >= 15 is 0 Å². The van der Waals surface area contributed by atoms with E-state index in [0.29, 0.717) is 0 Å². The van der Waals surface area contributed by atoms with Crippen molar-refractivity contribution in [3.8, 4) is 0 Å². The lowest BCUT2D eigenvalue weighted by atomic mass is 10.1. The molecule has 0 atom stereocenters. The minimum absolute atomic E-state index is 0.113. The van der Waals surface area contributed by atoms with Gasteiger partial charge in [-0.2, -0.15) is 0 Å². The number of hydrogen-bond acceptors (Lipinski definition) is 1. The molecular formula is C10H11F2N. The molecule has 0 spiro atoms. The number of hydrogen-bond donors (Lipinski definition) is 1. The smallest absolute Gasteiger partial charge is 0.256 e. The molecule has 0 radical (unpaired) electrons. The lowest BCUT2D eigenvalue weighted by Crippen LogP contribution is -2.14. The highest BCUT2D eigenvalue weighted by atomic mass is 19.3. The summed E-state index contributed by atoms with van der Waals surface area (Å²) in [7, 11) is 1.76. The Kier molecular flexibility index (Phi) is 1.75. The van der Waals surface area contributed by atoms with Crippen LogP contribution in [0.1, 0.15) is 11.1 Å². The molecule has 0 saturated carbocycles. The summed E-state index contributed by atoms with van der Waals surface area (Å²) < 4.78 is 26.1. The Labute approximate surface area is 75.8 Å². The topological polar surface area (TPSA) is 12.0 Å². The number of nitrogens with one attached hydrogen (secondary N) is 1. The lowest BCUT2D eigenvalue weighted by molar-refractivity contribution is 0.0131. The highest BCUT2D eigenvalue weighted by Gasteiger charge is 2.38. The molecule has 2 rings (SSSR count). The first kappa shape index (κ1) is 8.48. The third-order valence-corrected chi connectivity index (χ3v) is 2.43. The summed E-state index contributed by atoms with van der Waals surface area (Å²) in [5.74, 6) is -2.55. The molecule has 0 unspecified atom stereocenters. The van der Waals surface area contributed by atoms with Crippen LogP contribution in [-0.4, -0.2) is 13.0 Å². The van der Waals surface area contributed by atoms with Gasteiger partial charge < -0.3 is 5.32 Å². The Balaban J connectivity index is 2.45.